The SMILES string of the molecule is CC(C)N(C(=O)CCCNCCNC(=O)c1ccccc1)c1ccc2c(c1)C(=O)OC21c2ccc(O)cc2Oc2cc(O)ccc21. The Hall–Kier alpha value is -5.35. The lowest BCUT2D eigenvalue weighted by Crippen LogP contribution is -2.37. The highest BCUT2D eigenvalue weighted by molar-refractivity contribution is 6.00. The summed E-state index contributed by atoms with van der Waals surface area (Å²) in [7, 11) is 0. The standard InChI is InChI=1S/C36H35N3O7/c1-22(2)39(33(42)9-6-16-37-17-18-38-34(43)23-7-4-3-5-8-23)24-10-13-28-27(19-24)35(44)46-36(28)29-14-11-25(40)20-31(29)45-32-21-26(41)12-15-30(32)36/h3-5,7-8,10-15,19-22,37,40-41H,6,9,16-18H2,1-2H3,(H,38,43). The highest BCUT2D eigenvalue weighted by Gasteiger charge is 2.53. The molecule has 0 bridgehead atoms. The number of ether oxygens (including phenoxy) is 2. The summed E-state index contributed by atoms with van der Waals surface area (Å²) in [4.78, 5) is 40.8. The number of hydrogen-bond donors (Lipinski definition) is 4. The first-order valence-corrected chi connectivity index (χ1v) is 15.3. The van der Waals surface area contributed by atoms with Gasteiger partial charge in [0.2, 0.25) is 5.91 Å². The quantitative estimate of drug-likeness (QED) is 0.140. The molecule has 46 heavy (non-hydrogen) atoms. The molecule has 2 amide bonds. The Labute approximate surface area is 266 Å². The number of hydrogen-bond acceptors (Lipinski definition) is 8. The number of carbonyl (C=O) groups excluding carboxylic acids is 3. The number of esters is 1. The summed E-state index contributed by atoms with van der Waals surface area (Å²) < 4.78 is 12.2. The lowest BCUT2D eigenvalue weighted by atomic mass is 9.77. The molecule has 10 heteroatoms. The third-order valence-electron chi connectivity index (χ3n) is 8.19. The van der Waals surface area contributed by atoms with E-state index in [0.29, 0.717) is 71.1 Å². The Morgan fingerprint density at radius 2 is 1.48 bits per heavy atom. The predicted octanol–water partition coefficient (Wildman–Crippen LogP) is 5.21. The van der Waals surface area contributed by atoms with Gasteiger partial charge in [-0.25, -0.2) is 4.79 Å². The van der Waals surface area contributed by atoms with Crippen LogP contribution < -0.4 is 20.3 Å². The van der Waals surface area contributed by atoms with E-state index in [1.165, 1.54) is 24.3 Å². The molecule has 236 valence electrons. The summed E-state index contributed by atoms with van der Waals surface area (Å²) >= 11 is 0. The lowest BCUT2D eigenvalue weighted by Gasteiger charge is -2.36. The molecule has 1 spiro atoms. The average Bonchev–Trinajstić information content (AvgIpc) is 3.32. The summed E-state index contributed by atoms with van der Waals surface area (Å²) in [5, 5.41) is 26.4. The molecule has 0 fully saturated rings. The smallest absolute Gasteiger partial charge is 0.340 e. The normalized spacial score (nSPS) is 13.8. The number of nitrogens with one attached hydrogen (secondary N) is 2. The van der Waals surface area contributed by atoms with Crippen molar-refractivity contribution in [1.82, 2.24) is 10.6 Å². The van der Waals surface area contributed by atoms with Gasteiger partial charge >= 0.3 is 5.97 Å². The first-order valence-electron chi connectivity index (χ1n) is 15.3. The highest BCUT2D eigenvalue weighted by atomic mass is 16.6. The maximum atomic E-state index is 13.5. The number of fused-ring (bicyclic) bond motifs is 6. The van der Waals surface area contributed by atoms with Crippen LogP contribution in [0.1, 0.15) is 64.1 Å². The number of aromatic hydroxyl groups is 2. The van der Waals surface area contributed by atoms with Crippen LogP contribution in [-0.2, 0) is 15.1 Å². The molecule has 10 nitrogen and oxygen atoms in total. The number of anilines is 1. The van der Waals surface area contributed by atoms with Crippen molar-refractivity contribution in [2.24, 2.45) is 0 Å². The first kappa shape index (κ1) is 30.7. The molecule has 4 aromatic rings. The summed E-state index contributed by atoms with van der Waals surface area (Å²) in [6.07, 6.45) is 0.885. The Balaban J connectivity index is 1.16. The zero-order valence-electron chi connectivity index (χ0n) is 25.6. The molecule has 2 heterocycles. The van der Waals surface area contributed by atoms with E-state index in [1.54, 1.807) is 41.3 Å². The Bertz CT molecular complexity index is 1750. The molecule has 2 aliphatic rings. The molecule has 0 saturated carbocycles. The molecule has 0 aliphatic carbocycles. The van der Waals surface area contributed by atoms with Crippen molar-refractivity contribution in [3.05, 3.63) is 113 Å². The van der Waals surface area contributed by atoms with Crippen molar-refractivity contribution in [2.45, 2.75) is 38.3 Å². The highest BCUT2D eigenvalue weighted by Crippen LogP contribution is 2.57. The number of carbonyl (C=O) groups is 3. The number of amides is 2. The fourth-order valence-corrected chi connectivity index (χ4v) is 6.14. The van der Waals surface area contributed by atoms with E-state index in [4.69, 9.17) is 9.47 Å². The fourth-order valence-electron chi connectivity index (χ4n) is 6.14. The molecule has 0 atom stereocenters. The van der Waals surface area contributed by atoms with Gasteiger partial charge in [-0.3, -0.25) is 9.59 Å². The second kappa shape index (κ2) is 12.6. The fraction of sp³-hybridized carbons (Fsp3) is 0.250. The lowest BCUT2D eigenvalue weighted by molar-refractivity contribution is -0.119. The van der Waals surface area contributed by atoms with E-state index in [1.807, 2.05) is 38.1 Å². The Morgan fingerprint density at radius 3 is 2.13 bits per heavy atom. The van der Waals surface area contributed by atoms with Crippen LogP contribution in [0.2, 0.25) is 0 Å². The van der Waals surface area contributed by atoms with Crippen molar-refractivity contribution >= 4 is 23.5 Å². The minimum atomic E-state index is -1.37. The number of phenolic OH excluding ortho intramolecular Hbond substituents is 2. The van der Waals surface area contributed by atoms with Crippen LogP contribution in [0, 0.1) is 0 Å². The van der Waals surface area contributed by atoms with E-state index in [-0.39, 0.29) is 35.8 Å². The van der Waals surface area contributed by atoms with Gasteiger partial charge in [0, 0.05) is 65.6 Å². The van der Waals surface area contributed by atoms with Gasteiger partial charge in [0.05, 0.1) is 5.56 Å². The van der Waals surface area contributed by atoms with Crippen molar-refractivity contribution < 1.29 is 34.1 Å². The molecule has 0 radical (unpaired) electrons. The monoisotopic (exact) mass is 621 g/mol. The summed E-state index contributed by atoms with van der Waals surface area (Å²) in [5.41, 5.74) is 1.78. The van der Waals surface area contributed by atoms with Crippen molar-refractivity contribution in [1.29, 1.82) is 0 Å². The number of benzene rings is 4. The van der Waals surface area contributed by atoms with Crippen LogP contribution >= 0.6 is 0 Å². The summed E-state index contributed by atoms with van der Waals surface area (Å²) in [5.74, 6) is -0.206. The van der Waals surface area contributed by atoms with Gasteiger partial charge in [-0.15, -0.1) is 0 Å². The van der Waals surface area contributed by atoms with Gasteiger partial charge in [0.15, 0.2) is 5.60 Å². The second-order valence-corrected chi connectivity index (χ2v) is 11.6. The number of rotatable bonds is 10. The largest absolute Gasteiger partial charge is 0.508 e. The number of phenols is 2. The molecular formula is C36H35N3O7. The average molecular weight is 622 g/mol. The van der Waals surface area contributed by atoms with Gasteiger partial charge < -0.3 is 35.2 Å². The molecular weight excluding hydrogens is 586 g/mol. The molecule has 2 aliphatic heterocycles. The molecule has 0 saturated heterocycles. The molecule has 4 N–H and O–H groups in total. The van der Waals surface area contributed by atoms with E-state index < -0.39 is 11.6 Å². The van der Waals surface area contributed by atoms with Crippen LogP contribution in [0.4, 0.5) is 5.69 Å². The van der Waals surface area contributed by atoms with Crippen molar-refractivity contribution in [3.8, 4) is 23.0 Å². The maximum absolute atomic E-state index is 13.5. The summed E-state index contributed by atoms with van der Waals surface area (Å²) in [6, 6.07) is 23.4. The second-order valence-electron chi connectivity index (χ2n) is 11.6. The van der Waals surface area contributed by atoms with Crippen LogP contribution in [0.5, 0.6) is 23.0 Å². The van der Waals surface area contributed by atoms with Crippen LogP contribution in [0.25, 0.3) is 0 Å². The van der Waals surface area contributed by atoms with Gasteiger partial charge in [0.25, 0.3) is 5.91 Å². The predicted molar refractivity (Wildman–Crippen MR) is 172 cm³/mol. The van der Waals surface area contributed by atoms with Crippen LogP contribution in [-0.4, -0.2) is 53.7 Å². The first-order chi connectivity index (χ1) is 22.2. The minimum absolute atomic E-state index is 0.0199. The van der Waals surface area contributed by atoms with E-state index in [9.17, 15) is 24.6 Å². The summed E-state index contributed by atoms with van der Waals surface area (Å²) in [6.45, 7) is 5.48. The number of nitrogens with zero attached hydrogens (tertiary/aromatic N) is 1. The Kier molecular flexibility index (Phi) is 8.38. The molecule has 4 aromatic carbocycles. The van der Waals surface area contributed by atoms with Crippen LogP contribution in [0.3, 0.4) is 0 Å². The van der Waals surface area contributed by atoms with Gasteiger partial charge in [0.1, 0.15) is 23.0 Å². The van der Waals surface area contributed by atoms with E-state index >= 15 is 0 Å². The van der Waals surface area contributed by atoms with Gasteiger partial charge in [-0.05, 0) is 75.3 Å². The minimum Gasteiger partial charge on any atom is -0.508 e. The van der Waals surface area contributed by atoms with Crippen molar-refractivity contribution in [2.75, 3.05) is 24.5 Å². The third-order valence-corrected chi connectivity index (χ3v) is 8.19. The molecule has 6 rings (SSSR count). The third kappa shape index (κ3) is 5.63. The zero-order chi connectivity index (χ0) is 32.4. The van der Waals surface area contributed by atoms with Crippen molar-refractivity contribution in [3.63, 3.8) is 0 Å². The van der Waals surface area contributed by atoms with Gasteiger partial charge in [-0.1, -0.05) is 24.3 Å². The molecule has 0 unspecified atom stereocenters. The van der Waals surface area contributed by atoms with E-state index in [2.05, 4.69) is 10.6 Å². The van der Waals surface area contributed by atoms with E-state index in [0.717, 1.165) is 0 Å². The topological polar surface area (TPSA) is 137 Å². The molecule has 0 aromatic heterocycles. The maximum Gasteiger partial charge on any atom is 0.340 e. The Morgan fingerprint density at radius 1 is 0.826 bits per heavy atom. The van der Waals surface area contributed by atoms with Crippen LogP contribution in [0.15, 0.2) is 84.9 Å². The zero-order valence-corrected chi connectivity index (χ0v) is 25.6. The van der Waals surface area contributed by atoms with Gasteiger partial charge in [-0.2, -0.15) is 0 Å².